The van der Waals surface area contributed by atoms with Crippen LogP contribution < -0.4 is 5.32 Å². The molecule has 2 aliphatic rings. The van der Waals surface area contributed by atoms with Crippen LogP contribution in [0.3, 0.4) is 0 Å². The molecule has 2 N–H and O–H groups in total. The molecular formula is C16H30N2O3. The van der Waals surface area contributed by atoms with Crippen molar-refractivity contribution in [3.05, 3.63) is 0 Å². The van der Waals surface area contributed by atoms with E-state index in [0.717, 1.165) is 25.7 Å². The molecule has 122 valence electrons. The second-order valence-electron chi connectivity index (χ2n) is 7.39. The highest BCUT2D eigenvalue weighted by Crippen LogP contribution is 2.35. The van der Waals surface area contributed by atoms with Gasteiger partial charge in [-0.3, -0.25) is 0 Å². The molecule has 2 rings (SSSR count). The van der Waals surface area contributed by atoms with Crippen molar-refractivity contribution in [2.24, 2.45) is 5.41 Å². The Labute approximate surface area is 128 Å². The van der Waals surface area contributed by atoms with Gasteiger partial charge in [-0.15, -0.1) is 0 Å². The number of aliphatic hydroxyl groups excluding tert-OH is 1. The Balaban J connectivity index is 1.86. The third kappa shape index (κ3) is 4.85. The first-order valence-corrected chi connectivity index (χ1v) is 8.20. The Kier molecular flexibility index (Phi) is 5.49. The highest BCUT2D eigenvalue weighted by Gasteiger charge is 2.32. The quantitative estimate of drug-likeness (QED) is 0.839. The van der Waals surface area contributed by atoms with Crippen molar-refractivity contribution in [1.82, 2.24) is 10.2 Å². The van der Waals surface area contributed by atoms with E-state index in [1.165, 1.54) is 0 Å². The van der Waals surface area contributed by atoms with Crippen LogP contribution in [0.4, 0.5) is 4.79 Å². The maximum atomic E-state index is 12.5. The largest absolute Gasteiger partial charge is 0.393 e. The molecule has 1 saturated heterocycles. The predicted molar refractivity (Wildman–Crippen MR) is 82.2 cm³/mol. The summed E-state index contributed by atoms with van der Waals surface area (Å²) in [5.74, 6) is 0. The molecule has 1 aliphatic heterocycles. The van der Waals surface area contributed by atoms with Crippen molar-refractivity contribution in [3.63, 3.8) is 0 Å². The average Bonchev–Trinajstić information content (AvgIpc) is 2.41. The topological polar surface area (TPSA) is 61.8 Å². The summed E-state index contributed by atoms with van der Waals surface area (Å²) in [6.45, 7) is 8.07. The summed E-state index contributed by atoms with van der Waals surface area (Å²) in [4.78, 5) is 14.3. The lowest BCUT2D eigenvalue weighted by Gasteiger charge is -2.39. The third-order valence-electron chi connectivity index (χ3n) is 4.77. The Morgan fingerprint density at radius 3 is 2.71 bits per heavy atom. The highest BCUT2D eigenvalue weighted by molar-refractivity contribution is 5.75. The van der Waals surface area contributed by atoms with E-state index in [0.29, 0.717) is 37.6 Å². The van der Waals surface area contributed by atoms with Crippen LogP contribution in [0, 0.1) is 5.41 Å². The lowest BCUT2D eigenvalue weighted by atomic mass is 9.75. The predicted octanol–water partition coefficient (Wildman–Crippen LogP) is 2.14. The van der Waals surface area contributed by atoms with Crippen LogP contribution in [-0.4, -0.2) is 54.0 Å². The monoisotopic (exact) mass is 298 g/mol. The molecule has 1 saturated carbocycles. The van der Waals surface area contributed by atoms with E-state index in [1.54, 1.807) is 6.92 Å². The number of hydrogen-bond donors (Lipinski definition) is 2. The van der Waals surface area contributed by atoms with Crippen LogP contribution in [0.25, 0.3) is 0 Å². The van der Waals surface area contributed by atoms with Crippen LogP contribution in [-0.2, 0) is 4.74 Å². The minimum absolute atomic E-state index is 0.00801. The van der Waals surface area contributed by atoms with Crippen LogP contribution in [0.5, 0.6) is 0 Å². The SMILES string of the molecule is C[C@@H](O)C[C@@H]1COCCN1C(=O)NC1CCC(C)(C)CC1. The van der Waals surface area contributed by atoms with Crippen LogP contribution in [0.15, 0.2) is 0 Å². The minimum Gasteiger partial charge on any atom is -0.393 e. The van der Waals surface area contributed by atoms with Crippen molar-refractivity contribution in [2.45, 2.75) is 71.1 Å². The lowest BCUT2D eigenvalue weighted by Crippen LogP contribution is -2.55. The number of morpholine rings is 1. The maximum Gasteiger partial charge on any atom is 0.318 e. The second-order valence-corrected chi connectivity index (χ2v) is 7.39. The Morgan fingerprint density at radius 1 is 1.43 bits per heavy atom. The smallest absolute Gasteiger partial charge is 0.318 e. The van der Waals surface area contributed by atoms with Gasteiger partial charge < -0.3 is 20.1 Å². The number of nitrogens with one attached hydrogen (secondary N) is 1. The Morgan fingerprint density at radius 2 is 2.10 bits per heavy atom. The number of amides is 2. The standard InChI is InChI=1S/C16H30N2O3/c1-12(19)10-14-11-21-9-8-18(14)15(20)17-13-4-6-16(2,3)7-5-13/h12-14,19H,4-11H2,1-3H3,(H,17,20)/t12-,14-/m1/s1. The van der Waals surface area contributed by atoms with Crippen molar-refractivity contribution < 1.29 is 14.6 Å². The molecule has 0 aromatic carbocycles. The minimum atomic E-state index is -0.414. The summed E-state index contributed by atoms with van der Waals surface area (Å²) in [6.07, 6.45) is 4.61. The average molecular weight is 298 g/mol. The fourth-order valence-electron chi connectivity index (χ4n) is 3.31. The number of aliphatic hydroxyl groups is 1. The van der Waals surface area contributed by atoms with Gasteiger partial charge in [0, 0.05) is 12.6 Å². The van der Waals surface area contributed by atoms with Gasteiger partial charge in [0.2, 0.25) is 0 Å². The number of urea groups is 1. The number of carbonyl (C=O) groups is 1. The van der Waals surface area contributed by atoms with Gasteiger partial charge in [0.25, 0.3) is 0 Å². The van der Waals surface area contributed by atoms with E-state index in [-0.39, 0.29) is 12.1 Å². The van der Waals surface area contributed by atoms with Crippen LogP contribution in [0.2, 0.25) is 0 Å². The lowest BCUT2D eigenvalue weighted by molar-refractivity contribution is -0.00527. The van der Waals surface area contributed by atoms with Gasteiger partial charge >= 0.3 is 6.03 Å². The molecular weight excluding hydrogens is 268 g/mol. The number of ether oxygens (including phenoxy) is 1. The zero-order valence-corrected chi connectivity index (χ0v) is 13.6. The zero-order chi connectivity index (χ0) is 15.5. The van der Waals surface area contributed by atoms with Gasteiger partial charge in [-0.25, -0.2) is 4.79 Å². The van der Waals surface area contributed by atoms with E-state index in [9.17, 15) is 9.90 Å². The first-order chi connectivity index (χ1) is 9.87. The van der Waals surface area contributed by atoms with Crippen molar-refractivity contribution >= 4 is 6.03 Å². The summed E-state index contributed by atoms with van der Waals surface area (Å²) in [5.41, 5.74) is 0.412. The van der Waals surface area contributed by atoms with Crippen LogP contribution >= 0.6 is 0 Å². The third-order valence-corrected chi connectivity index (χ3v) is 4.77. The molecule has 5 heteroatoms. The molecule has 1 aliphatic carbocycles. The molecule has 0 unspecified atom stereocenters. The summed E-state index contributed by atoms with van der Waals surface area (Å²) in [6, 6.07) is 0.285. The molecule has 0 radical (unpaired) electrons. The van der Waals surface area contributed by atoms with Crippen molar-refractivity contribution in [2.75, 3.05) is 19.8 Å². The molecule has 2 fully saturated rings. The van der Waals surface area contributed by atoms with Gasteiger partial charge in [0.15, 0.2) is 0 Å². The van der Waals surface area contributed by atoms with E-state index >= 15 is 0 Å². The Hall–Kier alpha value is -0.810. The molecule has 0 aromatic heterocycles. The van der Waals surface area contributed by atoms with E-state index in [4.69, 9.17) is 4.74 Å². The molecule has 0 bridgehead atoms. The van der Waals surface area contributed by atoms with E-state index in [1.807, 2.05) is 4.90 Å². The molecule has 5 nitrogen and oxygen atoms in total. The summed E-state index contributed by atoms with van der Waals surface area (Å²) >= 11 is 0. The molecule has 0 aromatic rings. The zero-order valence-electron chi connectivity index (χ0n) is 13.6. The van der Waals surface area contributed by atoms with Crippen molar-refractivity contribution in [1.29, 1.82) is 0 Å². The van der Waals surface area contributed by atoms with Crippen molar-refractivity contribution in [3.8, 4) is 0 Å². The van der Waals surface area contributed by atoms with Gasteiger partial charge in [0.05, 0.1) is 25.4 Å². The number of carbonyl (C=O) groups excluding carboxylic acids is 1. The van der Waals surface area contributed by atoms with Crippen LogP contribution in [0.1, 0.15) is 52.9 Å². The molecule has 2 atom stereocenters. The number of rotatable bonds is 3. The molecule has 2 amide bonds. The second kappa shape index (κ2) is 6.97. The summed E-state index contributed by atoms with van der Waals surface area (Å²) in [7, 11) is 0. The van der Waals surface area contributed by atoms with Gasteiger partial charge in [-0.2, -0.15) is 0 Å². The molecule has 0 spiro atoms. The maximum absolute atomic E-state index is 12.5. The van der Waals surface area contributed by atoms with Gasteiger partial charge in [-0.1, -0.05) is 13.8 Å². The summed E-state index contributed by atoms with van der Waals surface area (Å²) < 4.78 is 5.45. The first-order valence-electron chi connectivity index (χ1n) is 8.20. The number of hydrogen-bond acceptors (Lipinski definition) is 3. The van der Waals surface area contributed by atoms with E-state index in [2.05, 4.69) is 19.2 Å². The van der Waals surface area contributed by atoms with Gasteiger partial charge in [-0.05, 0) is 44.4 Å². The summed E-state index contributed by atoms with van der Waals surface area (Å²) in [5, 5.41) is 12.7. The highest BCUT2D eigenvalue weighted by atomic mass is 16.5. The fourth-order valence-corrected chi connectivity index (χ4v) is 3.31. The normalized spacial score (nSPS) is 28.2. The fraction of sp³-hybridized carbons (Fsp3) is 0.938. The van der Waals surface area contributed by atoms with Gasteiger partial charge in [0.1, 0.15) is 0 Å². The Bertz CT molecular complexity index is 347. The number of nitrogens with zero attached hydrogens (tertiary/aromatic N) is 1. The van der Waals surface area contributed by atoms with E-state index < -0.39 is 6.10 Å². The molecule has 21 heavy (non-hydrogen) atoms. The molecule has 1 heterocycles. The first kappa shape index (κ1) is 16.6.